The zero-order valence-corrected chi connectivity index (χ0v) is 16.9. The Morgan fingerprint density at radius 3 is 2.44 bits per heavy atom. The van der Waals surface area contributed by atoms with Crippen molar-refractivity contribution >= 4 is 40.5 Å². The second-order valence-electron chi connectivity index (χ2n) is 6.62. The number of anilines is 2. The lowest BCUT2D eigenvalue weighted by Crippen LogP contribution is -2.46. The van der Waals surface area contributed by atoms with E-state index in [-0.39, 0.29) is 15.6 Å². The number of piperazine rings is 1. The number of aryl methyl sites for hydroxylation is 1. The van der Waals surface area contributed by atoms with Crippen LogP contribution in [0.1, 0.15) is 22.8 Å². The molecule has 0 bridgehead atoms. The molecule has 0 saturated carbocycles. The summed E-state index contributed by atoms with van der Waals surface area (Å²) in [7, 11) is 0. The zero-order chi connectivity index (χ0) is 19.6. The van der Waals surface area contributed by atoms with Crippen LogP contribution in [0.15, 0.2) is 30.3 Å². The summed E-state index contributed by atoms with van der Waals surface area (Å²) in [5, 5.41) is 2.77. The Morgan fingerprint density at radius 2 is 1.81 bits per heavy atom. The Balaban J connectivity index is 1.73. The van der Waals surface area contributed by atoms with E-state index in [4.69, 9.17) is 23.2 Å². The predicted octanol–water partition coefficient (Wildman–Crippen LogP) is 4.84. The van der Waals surface area contributed by atoms with Gasteiger partial charge in [-0.25, -0.2) is 4.39 Å². The number of carbonyl (C=O) groups excluding carboxylic acids is 1. The minimum Gasteiger partial charge on any atom is -0.369 e. The molecule has 1 aliphatic rings. The van der Waals surface area contributed by atoms with Crippen molar-refractivity contribution in [2.45, 2.75) is 13.8 Å². The van der Waals surface area contributed by atoms with Crippen LogP contribution < -0.4 is 10.2 Å². The molecule has 1 saturated heterocycles. The first-order chi connectivity index (χ1) is 12.9. The molecular weight excluding hydrogens is 388 g/mol. The van der Waals surface area contributed by atoms with Crippen molar-refractivity contribution in [3.63, 3.8) is 0 Å². The average molecular weight is 410 g/mol. The Morgan fingerprint density at radius 1 is 1.11 bits per heavy atom. The second-order valence-corrected chi connectivity index (χ2v) is 7.44. The number of hydrogen-bond donors (Lipinski definition) is 1. The lowest BCUT2D eigenvalue weighted by atomic mass is 10.1. The lowest BCUT2D eigenvalue weighted by Gasteiger charge is -2.36. The third kappa shape index (κ3) is 4.54. The molecule has 4 nitrogen and oxygen atoms in total. The van der Waals surface area contributed by atoms with Gasteiger partial charge in [0.15, 0.2) is 0 Å². The maximum Gasteiger partial charge on any atom is 0.257 e. The SMILES string of the molecule is CCN1CCN(c2ccc(NC(=O)c3cc(F)c(Cl)cc3Cl)cc2C)CC1. The highest BCUT2D eigenvalue weighted by Crippen LogP contribution is 2.27. The summed E-state index contributed by atoms with van der Waals surface area (Å²) in [4.78, 5) is 17.2. The van der Waals surface area contributed by atoms with Crippen molar-refractivity contribution in [2.24, 2.45) is 0 Å². The Labute approximate surface area is 168 Å². The van der Waals surface area contributed by atoms with E-state index in [0.717, 1.165) is 44.4 Å². The van der Waals surface area contributed by atoms with Crippen molar-refractivity contribution in [3.8, 4) is 0 Å². The Kier molecular flexibility index (Phi) is 6.25. The number of halogens is 3. The summed E-state index contributed by atoms with van der Waals surface area (Å²) >= 11 is 11.7. The number of likely N-dealkylation sites (N-methyl/N-ethyl adjacent to an activating group) is 1. The molecule has 7 heteroatoms. The molecule has 1 N–H and O–H groups in total. The normalized spacial score (nSPS) is 15.1. The van der Waals surface area contributed by atoms with Gasteiger partial charge < -0.3 is 15.1 Å². The first-order valence-electron chi connectivity index (χ1n) is 8.93. The maximum atomic E-state index is 13.7. The van der Waals surface area contributed by atoms with Gasteiger partial charge in [0.2, 0.25) is 0 Å². The van der Waals surface area contributed by atoms with Crippen molar-refractivity contribution in [1.29, 1.82) is 0 Å². The number of amides is 1. The van der Waals surface area contributed by atoms with Crippen LogP contribution in [0.3, 0.4) is 0 Å². The number of nitrogens with zero attached hydrogens (tertiary/aromatic N) is 2. The largest absolute Gasteiger partial charge is 0.369 e. The second kappa shape index (κ2) is 8.46. The van der Waals surface area contributed by atoms with Crippen LogP contribution in [-0.4, -0.2) is 43.5 Å². The Hall–Kier alpha value is -1.82. The van der Waals surface area contributed by atoms with Gasteiger partial charge in [0.25, 0.3) is 5.91 Å². The number of rotatable bonds is 4. The molecule has 2 aromatic carbocycles. The summed E-state index contributed by atoms with van der Waals surface area (Å²) in [6.07, 6.45) is 0. The number of benzene rings is 2. The third-order valence-electron chi connectivity index (χ3n) is 4.87. The van der Waals surface area contributed by atoms with E-state index < -0.39 is 11.7 Å². The van der Waals surface area contributed by atoms with Crippen LogP contribution in [0, 0.1) is 12.7 Å². The van der Waals surface area contributed by atoms with Gasteiger partial charge in [-0.05, 0) is 49.4 Å². The molecule has 0 atom stereocenters. The van der Waals surface area contributed by atoms with E-state index in [0.29, 0.717) is 5.69 Å². The molecule has 1 heterocycles. The predicted molar refractivity (Wildman–Crippen MR) is 110 cm³/mol. The van der Waals surface area contributed by atoms with E-state index >= 15 is 0 Å². The van der Waals surface area contributed by atoms with Crippen LogP contribution in [0.4, 0.5) is 15.8 Å². The first kappa shape index (κ1) is 19.9. The van der Waals surface area contributed by atoms with Crippen molar-refractivity contribution < 1.29 is 9.18 Å². The molecule has 27 heavy (non-hydrogen) atoms. The summed E-state index contributed by atoms with van der Waals surface area (Å²) in [5.74, 6) is -1.15. The van der Waals surface area contributed by atoms with Gasteiger partial charge in [-0.3, -0.25) is 4.79 Å². The van der Waals surface area contributed by atoms with Gasteiger partial charge in [0.1, 0.15) is 5.82 Å². The van der Waals surface area contributed by atoms with E-state index in [2.05, 4.69) is 22.0 Å². The molecule has 144 valence electrons. The molecule has 1 amide bonds. The Bertz CT molecular complexity index is 851. The van der Waals surface area contributed by atoms with Crippen molar-refractivity contribution in [3.05, 3.63) is 57.3 Å². The minimum absolute atomic E-state index is 0.0518. The standard InChI is InChI=1S/C20H22Cl2FN3O/c1-3-25-6-8-26(9-7-25)19-5-4-14(10-13(19)2)24-20(27)15-11-18(23)17(22)12-16(15)21/h4-5,10-12H,3,6-9H2,1-2H3,(H,24,27). The topological polar surface area (TPSA) is 35.6 Å². The fourth-order valence-electron chi connectivity index (χ4n) is 3.29. The van der Waals surface area contributed by atoms with Gasteiger partial charge in [-0.2, -0.15) is 0 Å². The summed E-state index contributed by atoms with van der Waals surface area (Å²) < 4.78 is 13.7. The molecular formula is C20H22Cl2FN3O. The fourth-order valence-corrected chi connectivity index (χ4v) is 3.76. The van der Waals surface area contributed by atoms with Crippen molar-refractivity contribution in [1.82, 2.24) is 4.90 Å². The lowest BCUT2D eigenvalue weighted by molar-refractivity contribution is 0.102. The molecule has 0 radical (unpaired) electrons. The number of hydrogen-bond acceptors (Lipinski definition) is 3. The molecule has 2 aromatic rings. The van der Waals surface area contributed by atoms with Crippen molar-refractivity contribution in [2.75, 3.05) is 42.9 Å². The molecule has 0 spiro atoms. The highest BCUT2D eigenvalue weighted by molar-refractivity contribution is 6.37. The molecule has 0 aromatic heterocycles. The van der Waals surface area contributed by atoms with E-state index in [1.54, 1.807) is 0 Å². The summed E-state index contributed by atoms with van der Waals surface area (Å²) in [6, 6.07) is 8.06. The molecule has 1 aliphatic heterocycles. The number of carbonyl (C=O) groups is 1. The van der Waals surface area contributed by atoms with E-state index in [9.17, 15) is 9.18 Å². The van der Waals surface area contributed by atoms with E-state index in [1.165, 1.54) is 11.8 Å². The van der Waals surface area contributed by atoms with Gasteiger partial charge in [0, 0.05) is 37.6 Å². The van der Waals surface area contributed by atoms with Crippen LogP contribution in [0.5, 0.6) is 0 Å². The molecule has 0 unspecified atom stereocenters. The zero-order valence-electron chi connectivity index (χ0n) is 15.4. The smallest absolute Gasteiger partial charge is 0.257 e. The highest BCUT2D eigenvalue weighted by atomic mass is 35.5. The molecule has 3 rings (SSSR count). The highest BCUT2D eigenvalue weighted by Gasteiger charge is 2.18. The summed E-state index contributed by atoms with van der Waals surface area (Å²) in [6.45, 7) is 9.35. The first-order valence-corrected chi connectivity index (χ1v) is 9.68. The number of nitrogens with one attached hydrogen (secondary N) is 1. The molecule has 0 aliphatic carbocycles. The summed E-state index contributed by atoms with van der Waals surface area (Å²) in [5.41, 5.74) is 2.93. The van der Waals surface area contributed by atoms with Gasteiger partial charge in [0.05, 0.1) is 15.6 Å². The van der Waals surface area contributed by atoms with Gasteiger partial charge in [-0.1, -0.05) is 30.1 Å². The van der Waals surface area contributed by atoms with Crippen LogP contribution in [0.25, 0.3) is 0 Å². The monoisotopic (exact) mass is 409 g/mol. The average Bonchev–Trinajstić information content (AvgIpc) is 2.65. The van der Waals surface area contributed by atoms with Gasteiger partial charge in [-0.15, -0.1) is 0 Å². The van der Waals surface area contributed by atoms with Crippen LogP contribution in [-0.2, 0) is 0 Å². The van der Waals surface area contributed by atoms with Gasteiger partial charge >= 0.3 is 0 Å². The minimum atomic E-state index is -0.677. The van der Waals surface area contributed by atoms with Crippen LogP contribution in [0.2, 0.25) is 10.0 Å². The maximum absolute atomic E-state index is 13.7. The van der Waals surface area contributed by atoms with E-state index in [1.807, 2.05) is 25.1 Å². The fraction of sp³-hybridized carbons (Fsp3) is 0.350. The third-order valence-corrected chi connectivity index (χ3v) is 5.47. The molecule has 1 fully saturated rings. The quantitative estimate of drug-likeness (QED) is 0.734. The van der Waals surface area contributed by atoms with Crippen LogP contribution >= 0.6 is 23.2 Å².